The second kappa shape index (κ2) is 6.04. The zero-order chi connectivity index (χ0) is 18.5. The van der Waals surface area contributed by atoms with E-state index < -0.39 is 0 Å². The standard InChI is InChI=1S/C20H21N5O2/c1-23-19-16(10-22-23)20(27)24(12-21-19)11-18(26)25(14-7-8-14)17-9-6-13-4-2-3-5-15(13)17/h2-5,10,12,14,17H,6-9,11H2,1H3. The lowest BCUT2D eigenvalue weighted by Gasteiger charge is -2.30. The molecule has 1 amide bonds. The number of fused-ring (bicyclic) bond motifs is 2. The highest BCUT2D eigenvalue weighted by atomic mass is 16.2. The van der Waals surface area contributed by atoms with Crippen molar-refractivity contribution >= 4 is 16.9 Å². The fourth-order valence-corrected chi connectivity index (χ4v) is 4.21. The van der Waals surface area contributed by atoms with Crippen molar-refractivity contribution in [3.8, 4) is 0 Å². The Balaban J connectivity index is 1.46. The minimum Gasteiger partial charge on any atom is -0.331 e. The van der Waals surface area contributed by atoms with E-state index in [1.165, 1.54) is 28.2 Å². The normalized spacial score (nSPS) is 18.6. The molecule has 27 heavy (non-hydrogen) atoms. The average molecular weight is 363 g/mol. The minimum absolute atomic E-state index is 0.00802. The SMILES string of the molecule is Cn1ncc2c(=O)n(CC(=O)N(C3CC3)C3CCc4ccccc43)cnc21. The van der Waals surface area contributed by atoms with E-state index in [1.807, 2.05) is 11.0 Å². The second-order valence-corrected chi connectivity index (χ2v) is 7.47. The molecular formula is C20H21N5O2. The number of hydrogen-bond acceptors (Lipinski definition) is 4. The summed E-state index contributed by atoms with van der Waals surface area (Å²) in [6.45, 7) is 0.0197. The van der Waals surface area contributed by atoms with Gasteiger partial charge in [-0.1, -0.05) is 24.3 Å². The Bertz CT molecular complexity index is 1100. The summed E-state index contributed by atoms with van der Waals surface area (Å²) < 4.78 is 2.97. The smallest absolute Gasteiger partial charge is 0.264 e. The van der Waals surface area contributed by atoms with Crippen LogP contribution in [0.15, 0.2) is 41.6 Å². The third-order valence-corrected chi connectivity index (χ3v) is 5.69. The molecule has 0 N–H and O–H groups in total. The fraction of sp³-hybridized carbons (Fsp3) is 0.400. The van der Waals surface area contributed by atoms with Crippen molar-refractivity contribution in [2.24, 2.45) is 7.05 Å². The van der Waals surface area contributed by atoms with Gasteiger partial charge < -0.3 is 4.90 Å². The van der Waals surface area contributed by atoms with Gasteiger partial charge in [-0.05, 0) is 36.8 Å². The minimum atomic E-state index is -0.219. The van der Waals surface area contributed by atoms with Crippen LogP contribution in [0.25, 0.3) is 11.0 Å². The summed E-state index contributed by atoms with van der Waals surface area (Å²) in [4.78, 5) is 32.2. The van der Waals surface area contributed by atoms with E-state index in [-0.39, 0.29) is 24.1 Å². The van der Waals surface area contributed by atoms with Gasteiger partial charge >= 0.3 is 0 Å². The molecule has 0 saturated heterocycles. The zero-order valence-electron chi connectivity index (χ0n) is 15.2. The highest BCUT2D eigenvalue weighted by molar-refractivity contribution is 5.78. The molecule has 3 aromatic rings. The molecule has 1 unspecified atom stereocenters. The third-order valence-electron chi connectivity index (χ3n) is 5.69. The maximum atomic E-state index is 13.2. The third kappa shape index (κ3) is 2.65. The molecule has 1 fully saturated rings. The van der Waals surface area contributed by atoms with Gasteiger partial charge in [0.15, 0.2) is 5.65 Å². The molecule has 2 heterocycles. The average Bonchev–Trinajstić information content (AvgIpc) is 3.30. The number of benzene rings is 1. The van der Waals surface area contributed by atoms with Crippen LogP contribution in [0, 0.1) is 0 Å². The van der Waals surface area contributed by atoms with Gasteiger partial charge in [-0.2, -0.15) is 5.10 Å². The van der Waals surface area contributed by atoms with Gasteiger partial charge in [0.25, 0.3) is 5.56 Å². The van der Waals surface area contributed by atoms with Crippen molar-refractivity contribution in [3.63, 3.8) is 0 Å². The summed E-state index contributed by atoms with van der Waals surface area (Å²) in [5.74, 6) is -0.00802. The van der Waals surface area contributed by atoms with Crippen molar-refractivity contribution in [2.75, 3.05) is 0 Å². The lowest BCUT2D eigenvalue weighted by Crippen LogP contribution is -2.40. The van der Waals surface area contributed by atoms with Crippen molar-refractivity contribution in [3.05, 3.63) is 58.3 Å². The Morgan fingerprint density at radius 1 is 1.26 bits per heavy atom. The van der Waals surface area contributed by atoms with Gasteiger partial charge in [0.1, 0.15) is 18.3 Å². The lowest BCUT2D eigenvalue weighted by molar-refractivity contribution is -0.135. The van der Waals surface area contributed by atoms with Crippen LogP contribution in [0.5, 0.6) is 0 Å². The monoisotopic (exact) mass is 363 g/mol. The van der Waals surface area contributed by atoms with Gasteiger partial charge in [-0.3, -0.25) is 18.8 Å². The summed E-state index contributed by atoms with van der Waals surface area (Å²) in [5.41, 5.74) is 2.90. The van der Waals surface area contributed by atoms with Crippen LogP contribution in [0.2, 0.25) is 0 Å². The molecule has 2 aliphatic carbocycles. The summed E-state index contributed by atoms with van der Waals surface area (Å²) >= 11 is 0. The molecule has 1 atom stereocenters. The number of aryl methyl sites for hydroxylation is 2. The quantitative estimate of drug-likeness (QED) is 0.709. The Morgan fingerprint density at radius 2 is 2.07 bits per heavy atom. The maximum absolute atomic E-state index is 13.2. The van der Waals surface area contributed by atoms with Crippen LogP contribution in [-0.2, 0) is 24.8 Å². The summed E-state index contributed by atoms with van der Waals surface area (Å²) in [7, 11) is 1.75. The zero-order valence-corrected chi connectivity index (χ0v) is 15.2. The second-order valence-electron chi connectivity index (χ2n) is 7.47. The molecule has 0 bridgehead atoms. The van der Waals surface area contributed by atoms with Gasteiger partial charge in [0, 0.05) is 13.1 Å². The van der Waals surface area contributed by atoms with Gasteiger partial charge in [0.2, 0.25) is 5.91 Å². The molecule has 7 heteroatoms. The number of rotatable bonds is 4. The van der Waals surface area contributed by atoms with Gasteiger partial charge in [-0.25, -0.2) is 4.98 Å². The van der Waals surface area contributed by atoms with Crippen LogP contribution in [0.3, 0.4) is 0 Å². The first-order valence-electron chi connectivity index (χ1n) is 9.39. The van der Waals surface area contributed by atoms with E-state index in [9.17, 15) is 9.59 Å². The topological polar surface area (TPSA) is 73.0 Å². The molecule has 0 radical (unpaired) electrons. The highest BCUT2D eigenvalue weighted by Crippen LogP contribution is 2.41. The van der Waals surface area contributed by atoms with E-state index >= 15 is 0 Å². The summed E-state index contributed by atoms with van der Waals surface area (Å²) in [6, 6.07) is 8.78. The van der Waals surface area contributed by atoms with Crippen LogP contribution < -0.4 is 5.56 Å². The predicted octanol–water partition coefficient (Wildman–Crippen LogP) is 1.81. The number of nitrogens with zero attached hydrogens (tertiary/aromatic N) is 5. The maximum Gasteiger partial charge on any atom is 0.264 e. The first-order valence-corrected chi connectivity index (χ1v) is 9.39. The summed E-state index contributed by atoms with van der Waals surface area (Å²) in [6.07, 6.45) is 7.00. The molecule has 2 aliphatic rings. The van der Waals surface area contributed by atoms with E-state index in [2.05, 4.69) is 28.3 Å². The van der Waals surface area contributed by atoms with Crippen molar-refractivity contribution in [2.45, 2.75) is 44.3 Å². The summed E-state index contributed by atoms with van der Waals surface area (Å²) in [5, 5.41) is 4.53. The first-order chi connectivity index (χ1) is 13.1. The first kappa shape index (κ1) is 16.2. The van der Waals surface area contributed by atoms with Crippen LogP contribution in [-0.4, -0.2) is 36.2 Å². The van der Waals surface area contributed by atoms with Gasteiger partial charge in [0.05, 0.1) is 12.2 Å². The molecule has 7 nitrogen and oxygen atoms in total. The number of aromatic nitrogens is 4. The van der Waals surface area contributed by atoms with Crippen molar-refractivity contribution in [1.82, 2.24) is 24.2 Å². The Kier molecular flexibility index (Phi) is 3.63. The van der Waals surface area contributed by atoms with E-state index in [4.69, 9.17) is 0 Å². The van der Waals surface area contributed by atoms with Crippen molar-refractivity contribution < 1.29 is 4.79 Å². The molecule has 5 rings (SSSR count). The highest BCUT2D eigenvalue weighted by Gasteiger charge is 2.40. The van der Waals surface area contributed by atoms with Gasteiger partial charge in [-0.15, -0.1) is 0 Å². The number of amides is 1. The molecule has 138 valence electrons. The Morgan fingerprint density at radius 3 is 2.89 bits per heavy atom. The number of carbonyl (C=O) groups excluding carboxylic acids is 1. The molecular weight excluding hydrogens is 342 g/mol. The molecule has 1 aromatic carbocycles. The largest absolute Gasteiger partial charge is 0.331 e. The fourth-order valence-electron chi connectivity index (χ4n) is 4.21. The van der Waals surface area contributed by atoms with Crippen LogP contribution in [0.4, 0.5) is 0 Å². The Labute approximate surface area is 156 Å². The van der Waals surface area contributed by atoms with E-state index in [1.54, 1.807) is 11.7 Å². The predicted molar refractivity (Wildman–Crippen MR) is 100 cm³/mol. The molecule has 0 aliphatic heterocycles. The number of hydrogen-bond donors (Lipinski definition) is 0. The Hall–Kier alpha value is -2.96. The lowest BCUT2D eigenvalue weighted by atomic mass is 10.1. The van der Waals surface area contributed by atoms with Crippen LogP contribution >= 0.6 is 0 Å². The molecule has 0 spiro atoms. The van der Waals surface area contributed by atoms with Crippen LogP contribution in [0.1, 0.15) is 36.4 Å². The van der Waals surface area contributed by atoms with E-state index in [0.717, 1.165) is 25.7 Å². The number of carbonyl (C=O) groups is 1. The molecule has 2 aromatic heterocycles. The molecule has 1 saturated carbocycles. The van der Waals surface area contributed by atoms with E-state index in [0.29, 0.717) is 17.1 Å². The van der Waals surface area contributed by atoms with Crippen molar-refractivity contribution in [1.29, 1.82) is 0 Å².